The van der Waals surface area contributed by atoms with Crippen molar-refractivity contribution in [3.63, 3.8) is 0 Å². The third kappa shape index (κ3) is 3.45. The minimum Gasteiger partial charge on any atom is -0.302 e. The molecule has 3 nitrogen and oxygen atoms in total. The predicted octanol–water partition coefficient (Wildman–Crippen LogP) is 3.97. The van der Waals surface area contributed by atoms with Crippen molar-refractivity contribution in [3.05, 3.63) is 52.5 Å². The third-order valence-corrected chi connectivity index (χ3v) is 4.09. The largest absolute Gasteiger partial charge is 0.302 e. The monoisotopic (exact) mass is 341 g/mol. The molecule has 2 rings (SSSR count). The summed E-state index contributed by atoms with van der Waals surface area (Å²) in [5.41, 5.74) is 0.652. The molecule has 0 atom stereocenters. The molecular formula is C13H13BrFN3S. The minimum atomic E-state index is -0.214. The first-order chi connectivity index (χ1) is 9.11. The average molecular weight is 342 g/mol. The molecule has 0 aliphatic rings. The Morgan fingerprint density at radius 3 is 2.95 bits per heavy atom. The van der Waals surface area contributed by atoms with Crippen LogP contribution in [0.5, 0.6) is 0 Å². The highest BCUT2D eigenvalue weighted by atomic mass is 79.9. The molecule has 0 saturated carbocycles. The maximum absolute atomic E-state index is 13.7. The number of thioether (sulfide) groups is 1. The van der Waals surface area contributed by atoms with Crippen molar-refractivity contribution in [2.24, 2.45) is 0 Å². The number of aryl methyl sites for hydroxylation is 1. The number of allylic oxidation sites excluding steroid dienone is 1. The van der Waals surface area contributed by atoms with Gasteiger partial charge in [-0.15, -0.1) is 16.8 Å². The van der Waals surface area contributed by atoms with Crippen LogP contribution in [-0.2, 0) is 12.3 Å². The van der Waals surface area contributed by atoms with Crippen molar-refractivity contribution >= 4 is 27.7 Å². The Bertz CT molecular complexity index is 598. The first kappa shape index (κ1) is 14.3. The zero-order valence-electron chi connectivity index (χ0n) is 10.4. The molecule has 0 fully saturated rings. The molecular weight excluding hydrogens is 329 g/mol. The number of benzene rings is 1. The highest BCUT2D eigenvalue weighted by Crippen LogP contribution is 2.24. The predicted molar refractivity (Wildman–Crippen MR) is 78.6 cm³/mol. The van der Waals surface area contributed by atoms with Gasteiger partial charge in [0.2, 0.25) is 0 Å². The summed E-state index contributed by atoms with van der Waals surface area (Å²) < 4.78 is 16.4. The van der Waals surface area contributed by atoms with Crippen molar-refractivity contribution < 1.29 is 4.39 Å². The van der Waals surface area contributed by atoms with Crippen molar-refractivity contribution in [1.29, 1.82) is 0 Å². The van der Waals surface area contributed by atoms with Gasteiger partial charge >= 0.3 is 0 Å². The Balaban J connectivity index is 2.12. The average Bonchev–Trinajstić information content (AvgIpc) is 2.71. The molecule has 0 spiro atoms. The summed E-state index contributed by atoms with van der Waals surface area (Å²) in [6.45, 7) is 6.26. The van der Waals surface area contributed by atoms with Crippen LogP contribution in [0.4, 0.5) is 4.39 Å². The first-order valence-corrected chi connectivity index (χ1v) is 7.47. The van der Waals surface area contributed by atoms with Crippen molar-refractivity contribution in [2.75, 3.05) is 0 Å². The molecule has 1 aromatic heterocycles. The summed E-state index contributed by atoms with van der Waals surface area (Å²) in [4.78, 5) is 0. The summed E-state index contributed by atoms with van der Waals surface area (Å²) >= 11 is 4.71. The third-order valence-electron chi connectivity index (χ3n) is 2.59. The number of aromatic nitrogens is 3. The van der Waals surface area contributed by atoms with Gasteiger partial charge in [-0.2, -0.15) is 0 Å². The number of hydrogen-bond donors (Lipinski definition) is 0. The van der Waals surface area contributed by atoms with E-state index in [1.807, 2.05) is 17.6 Å². The van der Waals surface area contributed by atoms with E-state index in [4.69, 9.17) is 0 Å². The molecule has 1 aromatic carbocycles. The molecule has 0 radical (unpaired) electrons. The molecule has 19 heavy (non-hydrogen) atoms. The molecule has 2 aromatic rings. The second-order valence-electron chi connectivity index (χ2n) is 3.95. The van der Waals surface area contributed by atoms with E-state index in [9.17, 15) is 4.39 Å². The Morgan fingerprint density at radius 2 is 2.26 bits per heavy atom. The molecule has 0 unspecified atom stereocenters. The molecule has 0 N–H and O–H groups in total. The van der Waals surface area contributed by atoms with Crippen LogP contribution >= 0.6 is 27.7 Å². The molecule has 0 aliphatic carbocycles. The molecule has 0 saturated heterocycles. The van der Waals surface area contributed by atoms with Crippen LogP contribution in [-0.4, -0.2) is 14.8 Å². The van der Waals surface area contributed by atoms with E-state index in [1.165, 1.54) is 17.8 Å². The summed E-state index contributed by atoms with van der Waals surface area (Å²) in [7, 11) is 0. The van der Waals surface area contributed by atoms with E-state index < -0.39 is 0 Å². The summed E-state index contributed by atoms with van der Waals surface area (Å²) in [6.07, 6.45) is 1.79. The van der Waals surface area contributed by atoms with Gasteiger partial charge in [0.05, 0.1) is 0 Å². The van der Waals surface area contributed by atoms with Crippen molar-refractivity contribution in [2.45, 2.75) is 24.4 Å². The number of rotatable bonds is 5. The van der Waals surface area contributed by atoms with Gasteiger partial charge in [0.15, 0.2) is 5.16 Å². The van der Waals surface area contributed by atoms with Gasteiger partial charge in [-0.1, -0.05) is 39.8 Å². The highest BCUT2D eigenvalue weighted by Gasteiger charge is 2.10. The van der Waals surface area contributed by atoms with Gasteiger partial charge in [0.1, 0.15) is 11.6 Å². The molecule has 0 bridgehead atoms. The van der Waals surface area contributed by atoms with Gasteiger partial charge in [0, 0.05) is 16.8 Å². The van der Waals surface area contributed by atoms with E-state index in [0.717, 1.165) is 15.5 Å². The standard InChI is InChI=1S/C13H13BrFN3S/c1-3-6-18-9(2)16-17-13(18)19-8-10-4-5-11(14)7-12(10)15/h3-5,7H,1,6,8H2,2H3. The topological polar surface area (TPSA) is 30.7 Å². The zero-order chi connectivity index (χ0) is 13.8. The second kappa shape index (κ2) is 6.34. The summed E-state index contributed by atoms with van der Waals surface area (Å²) in [6, 6.07) is 5.07. The van der Waals surface area contributed by atoms with Crippen LogP contribution in [0.1, 0.15) is 11.4 Å². The van der Waals surface area contributed by atoms with Crippen molar-refractivity contribution in [3.8, 4) is 0 Å². The van der Waals surface area contributed by atoms with Crippen LogP contribution in [0.3, 0.4) is 0 Å². The van der Waals surface area contributed by atoms with E-state index in [1.54, 1.807) is 12.1 Å². The zero-order valence-corrected chi connectivity index (χ0v) is 12.8. The molecule has 1 heterocycles. The lowest BCUT2D eigenvalue weighted by Crippen LogP contribution is -2.00. The van der Waals surface area contributed by atoms with Crippen molar-refractivity contribution in [1.82, 2.24) is 14.8 Å². The Hall–Kier alpha value is -1.14. The van der Waals surface area contributed by atoms with Gasteiger partial charge in [0.25, 0.3) is 0 Å². The maximum atomic E-state index is 13.7. The molecule has 6 heteroatoms. The normalized spacial score (nSPS) is 10.7. The Labute approximate surface area is 124 Å². The van der Waals surface area contributed by atoms with Crippen LogP contribution in [0.2, 0.25) is 0 Å². The fraction of sp³-hybridized carbons (Fsp3) is 0.231. The van der Waals surface area contributed by atoms with E-state index in [0.29, 0.717) is 17.9 Å². The van der Waals surface area contributed by atoms with Gasteiger partial charge in [-0.05, 0) is 24.6 Å². The first-order valence-electron chi connectivity index (χ1n) is 5.69. The van der Waals surface area contributed by atoms with E-state index in [-0.39, 0.29) is 5.82 Å². The molecule has 0 aliphatic heterocycles. The molecule has 100 valence electrons. The van der Waals surface area contributed by atoms with Gasteiger partial charge in [-0.3, -0.25) is 0 Å². The SMILES string of the molecule is C=CCn1c(C)nnc1SCc1ccc(Br)cc1F. The Kier molecular flexibility index (Phi) is 4.76. The van der Waals surface area contributed by atoms with E-state index in [2.05, 4.69) is 32.7 Å². The fourth-order valence-corrected chi connectivity index (χ4v) is 2.90. The number of halogens is 2. The van der Waals surface area contributed by atoms with Gasteiger partial charge < -0.3 is 4.57 Å². The van der Waals surface area contributed by atoms with Crippen LogP contribution in [0.15, 0.2) is 40.5 Å². The van der Waals surface area contributed by atoms with Crippen LogP contribution in [0.25, 0.3) is 0 Å². The Morgan fingerprint density at radius 1 is 1.47 bits per heavy atom. The lowest BCUT2D eigenvalue weighted by molar-refractivity contribution is 0.616. The minimum absolute atomic E-state index is 0.214. The van der Waals surface area contributed by atoms with Crippen LogP contribution in [0, 0.1) is 12.7 Å². The lowest BCUT2D eigenvalue weighted by atomic mass is 10.2. The highest BCUT2D eigenvalue weighted by molar-refractivity contribution is 9.10. The number of nitrogens with zero attached hydrogens (tertiary/aromatic N) is 3. The quantitative estimate of drug-likeness (QED) is 0.609. The van der Waals surface area contributed by atoms with Gasteiger partial charge in [-0.25, -0.2) is 4.39 Å². The number of hydrogen-bond acceptors (Lipinski definition) is 3. The fourth-order valence-electron chi connectivity index (χ4n) is 1.59. The smallest absolute Gasteiger partial charge is 0.191 e. The lowest BCUT2D eigenvalue weighted by Gasteiger charge is -2.06. The summed E-state index contributed by atoms with van der Waals surface area (Å²) in [5, 5.41) is 8.90. The second-order valence-corrected chi connectivity index (χ2v) is 5.81. The van der Waals surface area contributed by atoms with Crippen LogP contribution < -0.4 is 0 Å². The van der Waals surface area contributed by atoms with E-state index >= 15 is 0 Å². The maximum Gasteiger partial charge on any atom is 0.191 e. The molecule has 0 amide bonds. The summed E-state index contributed by atoms with van der Waals surface area (Å²) in [5.74, 6) is 1.14.